The van der Waals surface area contributed by atoms with E-state index in [0.29, 0.717) is 23.8 Å². The van der Waals surface area contributed by atoms with Crippen LogP contribution in [-0.2, 0) is 10.8 Å². The Morgan fingerprint density at radius 2 is 1.85 bits per heavy atom. The monoisotopic (exact) mass is 291 g/mol. The predicted octanol–water partition coefficient (Wildman–Crippen LogP) is 2.46. The zero-order valence-corrected chi connectivity index (χ0v) is 12.1. The molecule has 0 radical (unpaired) electrons. The Morgan fingerprint density at radius 1 is 1.10 bits per heavy atom. The van der Waals surface area contributed by atoms with Crippen molar-refractivity contribution in [2.45, 2.75) is 4.90 Å². The van der Waals surface area contributed by atoms with Gasteiger partial charge in [-0.1, -0.05) is 6.07 Å². The normalized spacial score (nSPS) is 11.8. The summed E-state index contributed by atoms with van der Waals surface area (Å²) in [5.74, 6) is 1.87. The van der Waals surface area contributed by atoms with Crippen molar-refractivity contribution in [1.82, 2.24) is 0 Å². The Kier molecular flexibility index (Phi) is 5.01. The second-order valence-corrected chi connectivity index (χ2v) is 5.72. The molecule has 0 aromatic heterocycles. The number of benzene rings is 2. The summed E-state index contributed by atoms with van der Waals surface area (Å²) in [6, 6.07) is 14.4. The van der Waals surface area contributed by atoms with Gasteiger partial charge < -0.3 is 15.2 Å². The highest BCUT2D eigenvalue weighted by molar-refractivity contribution is 7.85. The van der Waals surface area contributed by atoms with Gasteiger partial charge in [-0.05, 0) is 36.4 Å². The van der Waals surface area contributed by atoms with Crippen molar-refractivity contribution in [3.8, 4) is 11.5 Å². The standard InChI is InChI=1S/C15H17NO3S/c1-18-13-5-7-15(8-6-13)20(17)10-9-19-14-4-2-3-12(16)11-14/h2-8,11H,9-10,16H2,1H3. The molecule has 0 heterocycles. The van der Waals surface area contributed by atoms with E-state index >= 15 is 0 Å². The number of hydrogen-bond donors (Lipinski definition) is 1. The summed E-state index contributed by atoms with van der Waals surface area (Å²) in [7, 11) is 0.518. The largest absolute Gasteiger partial charge is 0.497 e. The van der Waals surface area contributed by atoms with Gasteiger partial charge in [0.1, 0.15) is 18.1 Å². The number of anilines is 1. The summed E-state index contributed by atoms with van der Waals surface area (Å²) in [6.07, 6.45) is 0. The van der Waals surface area contributed by atoms with Crippen LogP contribution in [0.5, 0.6) is 11.5 Å². The maximum Gasteiger partial charge on any atom is 0.121 e. The molecule has 0 fully saturated rings. The summed E-state index contributed by atoms with van der Waals surface area (Å²) in [5.41, 5.74) is 6.31. The topological polar surface area (TPSA) is 61.5 Å². The van der Waals surface area contributed by atoms with E-state index in [9.17, 15) is 4.21 Å². The quantitative estimate of drug-likeness (QED) is 0.831. The van der Waals surface area contributed by atoms with Crippen molar-refractivity contribution in [1.29, 1.82) is 0 Å². The Morgan fingerprint density at radius 3 is 2.50 bits per heavy atom. The van der Waals surface area contributed by atoms with Crippen LogP contribution in [0.25, 0.3) is 0 Å². The van der Waals surface area contributed by atoms with Crippen molar-refractivity contribution in [2.24, 2.45) is 0 Å². The van der Waals surface area contributed by atoms with Gasteiger partial charge in [-0.15, -0.1) is 0 Å². The lowest BCUT2D eigenvalue weighted by Gasteiger charge is -2.07. The third-order valence-corrected chi connectivity index (χ3v) is 4.05. The van der Waals surface area contributed by atoms with Crippen molar-refractivity contribution in [3.05, 3.63) is 48.5 Å². The molecule has 1 atom stereocenters. The van der Waals surface area contributed by atoms with Crippen LogP contribution in [0, 0.1) is 0 Å². The summed E-state index contributed by atoms with van der Waals surface area (Å²) >= 11 is 0. The molecule has 2 rings (SSSR count). The van der Waals surface area contributed by atoms with Crippen LogP contribution < -0.4 is 15.2 Å². The number of rotatable bonds is 6. The first-order valence-corrected chi connectivity index (χ1v) is 7.51. The lowest BCUT2D eigenvalue weighted by Crippen LogP contribution is -2.08. The smallest absolute Gasteiger partial charge is 0.121 e. The van der Waals surface area contributed by atoms with Gasteiger partial charge >= 0.3 is 0 Å². The molecule has 0 spiro atoms. The fourth-order valence-corrected chi connectivity index (χ4v) is 2.59. The fourth-order valence-electron chi connectivity index (χ4n) is 1.68. The molecule has 0 aliphatic rings. The molecule has 2 aromatic carbocycles. The molecule has 106 valence electrons. The first kappa shape index (κ1) is 14.4. The lowest BCUT2D eigenvalue weighted by atomic mass is 10.3. The van der Waals surface area contributed by atoms with E-state index in [1.54, 1.807) is 43.5 Å². The zero-order valence-electron chi connectivity index (χ0n) is 11.2. The van der Waals surface area contributed by atoms with Gasteiger partial charge in [0.2, 0.25) is 0 Å². The van der Waals surface area contributed by atoms with E-state index in [4.69, 9.17) is 15.2 Å². The molecule has 20 heavy (non-hydrogen) atoms. The van der Waals surface area contributed by atoms with Gasteiger partial charge in [0.15, 0.2) is 0 Å². The Balaban J connectivity index is 1.85. The maximum absolute atomic E-state index is 12.1. The molecule has 1 unspecified atom stereocenters. The molecule has 0 amide bonds. The molecule has 2 aromatic rings. The third kappa shape index (κ3) is 3.99. The van der Waals surface area contributed by atoms with Gasteiger partial charge in [0.25, 0.3) is 0 Å². The molecule has 0 aliphatic carbocycles. The summed E-state index contributed by atoms with van der Waals surface area (Å²) in [4.78, 5) is 0.766. The second kappa shape index (κ2) is 6.96. The molecule has 0 saturated carbocycles. The van der Waals surface area contributed by atoms with E-state index in [2.05, 4.69) is 0 Å². The van der Waals surface area contributed by atoms with Gasteiger partial charge in [0.05, 0.1) is 23.7 Å². The van der Waals surface area contributed by atoms with E-state index < -0.39 is 10.8 Å². The lowest BCUT2D eigenvalue weighted by molar-refractivity contribution is 0.343. The molecule has 0 saturated heterocycles. The third-order valence-electron chi connectivity index (χ3n) is 2.72. The fraction of sp³-hybridized carbons (Fsp3) is 0.200. The number of methoxy groups -OCH3 is 1. The minimum absolute atomic E-state index is 0.377. The molecular formula is C15H17NO3S. The number of nitrogens with two attached hydrogens (primary N) is 1. The van der Waals surface area contributed by atoms with E-state index in [1.807, 2.05) is 12.1 Å². The first-order valence-electron chi connectivity index (χ1n) is 6.20. The van der Waals surface area contributed by atoms with Crippen molar-refractivity contribution < 1.29 is 13.7 Å². The molecule has 2 N–H and O–H groups in total. The highest BCUT2D eigenvalue weighted by atomic mass is 32.2. The van der Waals surface area contributed by atoms with Crippen LogP contribution in [0.4, 0.5) is 5.69 Å². The zero-order chi connectivity index (χ0) is 14.4. The van der Waals surface area contributed by atoms with Crippen molar-refractivity contribution >= 4 is 16.5 Å². The summed E-state index contributed by atoms with van der Waals surface area (Å²) < 4.78 is 22.7. The molecular weight excluding hydrogens is 274 g/mol. The van der Waals surface area contributed by atoms with E-state index in [0.717, 1.165) is 10.6 Å². The van der Waals surface area contributed by atoms with Gasteiger partial charge in [-0.3, -0.25) is 4.21 Å². The first-order chi connectivity index (χ1) is 9.69. The van der Waals surface area contributed by atoms with Gasteiger partial charge in [0, 0.05) is 16.6 Å². The van der Waals surface area contributed by atoms with Gasteiger partial charge in [-0.2, -0.15) is 0 Å². The van der Waals surface area contributed by atoms with Gasteiger partial charge in [-0.25, -0.2) is 0 Å². The minimum Gasteiger partial charge on any atom is -0.497 e. The average Bonchev–Trinajstić information content (AvgIpc) is 2.47. The second-order valence-electron chi connectivity index (χ2n) is 4.15. The highest BCUT2D eigenvalue weighted by Crippen LogP contribution is 2.16. The molecule has 0 aliphatic heterocycles. The van der Waals surface area contributed by atoms with Crippen molar-refractivity contribution in [3.63, 3.8) is 0 Å². The SMILES string of the molecule is COc1ccc(S(=O)CCOc2cccc(N)c2)cc1. The maximum atomic E-state index is 12.1. The number of hydrogen-bond acceptors (Lipinski definition) is 4. The van der Waals surface area contributed by atoms with E-state index in [-0.39, 0.29) is 0 Å². The Labute approximate surface area is 121 Å². The number of nitrogen functional groups attached to an aromatic ring is 1. The molecule has 0 bridgehead atoms. The van der Waals surface area contributed by atoms with Crippen molar-refractivity contribution in [2.75, 3.05) is 25.2 Å². The van der Waals surface area contributed by atoms with Crippen LogP contribution in [0.15, 0.2) is 53.4 Å². The van der Waals surface area contributed by atoms with Crippen LogP contribution in [0.2, 0.25) is 0 Å². The Bertz CT molecular complexity index is 584. The highest BCUT2D eigenvalue weighted by Gasteiger charge is 2.04. The van der Waals surface area contributed by atoms with Crippen LogP contribution >= 0.6 is 0 Å². The predicted molar refractivity (Wildman–Crippen MR) is 80.6 cm³/mol. The van der Waals surface area contributed by atoms with Crippen LogP contribution in [0.1, 0.15) is 0 Å². The van der Waals surface area contributed by atoms with E-state index in [1.165, 1.54) is 0 Å². The molecule has 4 nitrogen and oxygen atoms in total. The minimum atomic E-state index is -1.08. The summed E-state index contributed by atoms with van der Waals surface area (Å²) in [5, 5.41) is 0. The van der Waals surface area contributed by atoms with Crippen LogP contribution in [0.3, 0.4) is 0 Å². The summed E-state index contributed by atoms with van der Waals surface area (Å²) in [6.45, 7) is 0.377. The average molecular weight is 291 g/mol. The number of ether oxygens (including phenoxy) is 2. The Hall–Kier alpha value is -2.01. The molecule has 5 heteroatoms. The van der Waals surface area contributed by atoms with Crippen LogP contribution in [-0.4, -0.2) is 23.7 Å².